The van der Waals surface area contributed by atoms with Crippen LogP contribution in [0.3, 0.4) is 0 Å². The minimum Gasteiger partial charge on any atom is -0.372 e. The molecule has 1 unspecified atom stereocenters. The zero-order valence-electron chi connectivity index (χ0n) is 11.6. The lowest BCUT2D eigenvalue weighted by molar-refractivity contribution is -0.124. The number of rotatable bonds is 4. The first-order valence-corrected chi connectivity index (χ1v) is 5.99. The maximum Gasteiger partial charge on any atom is 0.253 e. The fourth-order valence-corrected chi connectivity index (χ4v) is 1.14. The number of ether oxygens (including phenoxy) is 1. The van der Waals surface area contributed by atoms with E-state index in [0.717, 1.165) is 0 Å². The minimum absolute atomic E-state index is 0.00290. The van der Waals surface area contributed by atoms with Gasteiger partial charge in [0, 0.05) is 18.4 Å². The van der Waals surface area contributed by atoms with E-state index in [9.17, 15) is 9.59 Å². The van der Waals surface area contributed by atoms with Crippen molar-refractivity contribution in [3.8, 4) is 0 Å². The Morgan fingerprint density at radius 3 is 2.06 bits per heavy atom. The Bertz CT molecular complexity index is 385. The van der Waals surface area contributed by atoms with E-state index in [2.05, 4.69) is 5.32 Å². The summed E-state index contributed by atoms with van der Waals surface area (Å²) in [6, 6.07) is 6.73. The van der Waals surface area contributed by atoms with Crippen molar-refractivity contribution < 1.29 is 14.3 Å². The summed E-state index contributed by atoms with van der Waals surface area (Å²) in [5, 5.41) is 2.68. The lowest BCUT2D eigenvalue weighted by Gasteiger charge is -2.10. The van der Waals surface area contributed by atoms with E-state index in [4.69, 9.17) is 4.74 Å². The number of carbonyl (C=O) groups excluding carboxylic acids is 2. The first-order valence-electron chi connectivity index (χ1n) is 5.99. The molecule has 1 atom stereocenters. The van der Waals surface area contributed by atoms with E-state index in [-0.39, 0.29) is 11.7 Å². The SMILES string of the molecule is CC.COC(C)C(=O)Nc1ccc(C(C)=O)cc1. The van der Waals surface area contributed by atoms with Gasteiger partial charge in [0.2, 0.25) is 0 Å². The van der Waals surface area contributed by atoms with E-state index in [0.29, 0.717) is 11.3 Å². The molecule has 0 spiro atoms. The summed E-state index contributed by atoms with van der Waals surface area (Å²) < 4.78 is 4.88. The molecular formula is C14H21NO3. The van der Waals surface area contributed by atoms with E-state index >= 15 is 0 Å². The molecule has 0 heterocycles. The number of hydrogen-bond acceptors (Lipinski definition) is 3. The third kappa shape index (κ3) is 5.10. The molecule has 1 aromatic carbocycles. The number of carbonyl (C=O) groups is 2. The molecule has 0 fully saturated rings. The van der Waals surface area contributed by atoms with Gasteiger partial charge in [0.25, 0.3) is 5.91 Å². The predicted octanol–water partition coefficient (Wildman–Crippen LogP) is 2.89. The van der Waals surface area contributed by atoms with Crippen molar-refractivity contribution in [1.29, 1.82) is 0 Å². The molecule has 0 aliphatic heterocycles. The van der Waals surface area contributed by atoms with Gasteiger partial charge in [0.15, 0.2) is 5.78 Å². The highest BCUT2D eigenvalue weighted by Crippen LogP contribution is 2.10. The van der Waals surface area contributed by atoms with Crippen LogP contribution in [0.15, 0.2) is 24.3 Å². The van der Waals surface area contributed by atoms with Gasteiger partial charge in [0.1, 0.15) is 6.10 Å². The molecule has 0 radical (unpaired) electrons. The average Bonchev–Trinajstić information content (AvgIpc) is 2.40. The summed E-state index contributed by atoms with van der Waals surface area (Å²) in [6.07, 6.45) is -0.493. The van der Waals surface area contributed by atoms with Crippen LogP contribution in [0.25, 0.3) is 0 Å². The highest BCUT2D eigenvalue weighted by molar-refractivity contribution is 5.96. The van der Waals surface area contributed by atoms with E-state index in [1.807, 2.05) is 13.8 Å². The van der Waals surface area contributed by atoms with Gasteiger partial charge >= 0.3 is 0 Å². The van der Waals surface area contributed by atoms with Gasteiger partial charge in [0.05, 0.1) is 0 Å². The summed E-state index contributed by atoms with van der Waals surface area (Å²) >= 11 is 0. The van der Waals surface area contributed by atoms with Gasteiger partial charge < -0.3 is 10.1 Å². The molecule has 0 aliphatic carbocycles. The molecule has 0 bridgehead atoms. The van der Waals surface area contributed by atoms with Gasteiger partial charge in [-0.3, -0.25) is 9.59 Å². The Hall–Kier alpha value is -1.68. The predicted molar refractivity (Wildman–Crippen MR) is 72.9 cm³/mol. The van der Waals surface area contributed by atoms with Crippen LogP contribution in [0.2, 0.25) is 0 Å². The molecule has 1 amide bonds. The van der Waals surface area contributed by atoms with Crippen LogP contribution in [0.1, 0.15) is 38.1 Å². The van der Waals surface area contributed by atoms with Crippen molar-refractivity contribution in [3.05, 3.63) is 29.8 Å². The minimum atomic E-state index is -0.493. The molecule has 18 heavy (non-hydrogen) atoms. The lowest BCUT2D eigenvalue weighted by atomic mass is 10.1. The number of methoxy groups -OCH3 is 1. The van der Waals surface area contributed by atoms with Crippen molar-refractivity contribution in [2.75, 3.05) is 12.4 Å². The number of hydrogen-bond donors (Lipinski definition) is 1. The standard InChI is InChI=1S/C12H15NO3.C2H6/c1-8(14)10-4-6-11(7-5-10)13-12(15)9(2)16-3;1-2/h4-7,9H,1-3H3,(H,13,15);1-2H3. The second-order valence-corrected chi connectivity index (χ2v) is 3.50. The largest absolute Gasteiger partial charge is 0.372 e. The molecular weight excluding hydrogens is 230 g/mol. The quantitative estimate of drug-likeness (QED) is 0.837. The maximum absolute atomic E-state index is 11.5. The van der Waals surface area contributed by atoms with E-state index < -0.39 is 6.10 Å². The molecule has 1 aromatic rings. The smallest absolute Gasteiger partial charge is 0.253 e. The van der Waals surface area contributed by atoms with Crippen LogP contribution in [-0.2, 0) is 9.53 Å². The Balaban J connectivity index is 0.00000137. The molecule has 100 valence electrons. The number of ketones is 1. The Labute approximate surface area is 108 Å². The fraction of sp³-hybridized carbons (Fsp3) is 0.429. The van der Waals surface area contributed by atoms with Crippen LogP contribution in [0, 0.1) is 0 Å². The third-order valence-electron chi connectivity index (χ3n) is 2.28. The van der Waals surface area contributed by atoms with Crippen molar-refractivity contribution in [2.45, 2.75) is 33.8 Å². The molecule has 1 N–H and O–H groups in total. The van der Waals surface area contributed by atoms with Crippen LogP contribution in [0.5, 0.6) is 0 Å². The topological polar surface area (TPSA) is 55.4 Å². The Morgan fingerprint density at radius 2 is 1.67 bits per heavy atom. The lowest BCUT2D eigenvalue weighted by Crippen LogP contribution is -2.26. The summed E-state index contributed by atoms with van der Waals surface area (Å²) in [5.74, 6) is -0.207. The molecule has 4 heteroatoms. The molecule has 0 aromatic heterocycles. The van der Waals surface area contributed by atoms with Crippen LogP contribution >= 0.6 is 0 Å². The average molecular weight is 251 g/mol. The first-order chi connectivity index (χ1) is 8.54. The number of benzene rings is 1. The van der Waals surface area contributed by atoms with Gasteiger partial charge in [-0.15, -0.1) is 0 Å². The third-order valence-corrected chi connectivity index (χ3v) is 2.28. The van der Waals surface area contributed by atoms with Crippen molar-refractivity contribution in [1.82, 2.24) is 0 Å². The van der Waals surface area contributed by atoms with Crippen molar-refractivity contribution in [3.63, 3.8) is 0 Å². The maximum atomic E-state index is 11.5. The molecule has 0 saturated heterocycles. The molecule has 1 rings (SSSR count). The van der Waals surface area contributed by atoms with Gasteiger partial charge in [-0.05, 0) is 38.1 Å². The fourth-order valence-electron chi connectivity index (χ4n) is 1.14. The van der Waals surface area contributed by atoms with E-state index in [1.165, 1.54) is 14.0 Å². The molecule has 0 aliphatic rings. The summed E-state index contributed by atoms with van der Waals surface area (Å²) in [4.78, 5) is 22.5. The number of anilines is 1. The zero-order valence-corrected chi connectivity index (χ0v) is 11.6. The van der Waals surface area contributed by atoms with Gasteiger partial charge in [-0.1, -0.05) is 13.8 Å². The van der Waals surface area contributed by atoms with Gasteiger partial charge in [-0.25, -0.2) is 0 Å². The van der Waals surface area contributed by atoms with Crippen molar-refractivity contribution in [2.24, 2.45) is 0 Å². The van der Waals surface area contributed by atoms with Gasteiger partial charge in [-0.2, -0.15) is 0 Å². The first kappa shape index (κ1) is 16.3. The second-order valence-electron chi connectivity index (χ2n) is 3.50. The highest BCUT2D eigenvalue weighted by atomic mass is 16.5. The van der Waals surface area contributed by atoms with E-state index in [1.54, 1.807) is 31.2 Å². The Kier molecular flexibility index (Phi) is 7.63. The van der Waals surface area contributed by atoms with Crippen molar-refractivity contribution >= 4 is 17.4 Å². The number of Topliss-reactive ketones (excluding diaryl/α,β-unsaturated/α-hetero) is 1. The second kappa shape index (κ2) is 8.42. The number of amides is 1. The zero-order chi connectivity index (χ0) is 14.1. The molecule has 0 saturated carbocycles. The molecule has 4 nitrogen and oxygen atoms in total. The summed E-state index contributed by atoms with van der Waals surface area (Å²) in [5.41, 5.74) is 1.27. The van der Waals surface area contributed by atoms with Crippen LogP contribution < -0.4 is 5.32 Å². The normalized spacial score (nSPS) is 10.9. The summed E-state index contributed by atoms with van der Waals surface area (Å²) in [6.45, 7) is 7.17. The summed E-state index contributed by atoms with van der Waals surface area (Å²) in [7, 11) is 1.48. The van der Waals surface area contributed by atoms with Crippen LogP contribution in [-0.4, -0.2) is 24.9 Å². The number of nitrogens with one attached hydrogen (secondary N) is 1. The monoisotopic (exact) mass is 251 g/mol. The van der Waals surface area contributed by atoms with Crippen LogP contribution in [0.4, 0.5) is 5.69 Å². The Morgan fingerprint density at radius 1 is 1.17 bits per heavy atom. The highest BCUT2D eigenvalue weighted by Gasteiger charge is 2.11.